The minimum absolute atomic E-state index is 0.620. The standard InChI is InChI=1S/C28H25BrN2O/c1-3-19(4-2)20-14-15-30-28(16-20)31-26-11-6-5-10-24(26)25-13-12-23(18-27(25)31)32-22-9-7-8-21(29)17-22/h5-19H,3-4H2,1-2H3/i19D. The van der Waals surface area contributed by atoms with E-state index in [0.717, 1.165) is 62.0 Å². The molecule has 3 nitrogen and oxygen atoms in total. The normalized spacial score (nSPS) is 12.3. The first-order valence-corrected chi connectivity index (χ1v) is 11.8. The summed E-state index contributed by atoms with van der Waals surface area (Å²) in [5, 5.41) is 2.30. The monoisotopic (exact) mass is 485 g/mol. The summed E-state index contributed by atoms with van der Waals surface area (Å²) in [7, 11) is 0. The van der Waals surface area contributed by atoms with Gasteiger partial charge in [-0.15, -0.1) is 0 Å². The van der Waals surface area contributed by atoms with E-state index in [2.05, 4.69) is 70.7 Å². The van der Waals surface area contributed by atoms with E-state index >= 15 is 0 Å². The van der Waals surface area contributed by atoms with Gasteiger partial charge >= 0.3 is 0 Å². The van der Waals surface area contributed by atoms with Gasteiger partial charge in [-0.25, -0.2) is 4.98 Å². The first-order chi connectivity index (χ1) is 16.0. The Balaban J connectivity index is 1.70. The third-order valence-electron chi connectivity index (χ3n) is 5.91. The molecule has 0 unspecified atom stereocenters. The van der Waals surface area contributed by atoms with Gasteiger partial charge in [0.15, 0.2) is 0 Å². The van der Waals surface area contributed by atoms with Gasteiger partial charge in [0.25, 0.3) is 0 Å². The summed E-state index contributed by atoms with van der Waals surface area (Å²) >= 11 is 3.51. The van der Waals surface area contributed by atoms with Gasteiger partial charge in [0.1, 0.15) is 17.3 Å². The van der Waals surface area contributed by atoms with Gasteiger partial charge in [0.05, 0.1) is 11.0 Å². The van der Waals surface area contributed by atoms with E-state index in [1.165, 1.54) is 0 Å². The van der Waals surface area contributed by atoms with E-state index < -0.39 is 5.89 Å². The molecule has 0 aliphatic heterocycles. The van der Waals surface area contributed by atoms with Crippen LogP contribution < -0.4 is 4.74 Å². The van der Waals surface area contributed by atoms with E-state index in [0.29, 0.717) is 0 Å². The van der Waals surface area contributed by atoms with Crippen molar-refractivity contribution in [3.63, 3.8) is 0 Å². The Morgan fingerprint density at radius 3 is 2.47 bits per heavy atom. The number of benzene rings is 3. The molecule has 0 spiro atoms. The minimum Gasteiger partial charge on any atom is -0.457 e. The SMILES string of the molecule is [2H]C(CC)(CC)c1ccnc(-n2c3ccccc3c3ccc(Oc4cccc(Br)c4)cc32)c1. The number of hydrogen-bond donors (Lipinski definition) is 0. The number of halogens is 1. The molecule has 32 heavy (non-hydrogen) atoms. The fourth-order valence-corrected chi connectivity index (χ4v) is 4.72. The van der Waals surface area contributed by atoms with Crippen LogP contribution in [0.25, 0.3) is 27.6 Å². The van der Waals surface area contributed by atoms with Gasteiger partial charge in [0.2, 0.25) is 0 Å². The third-order valence-corrected chi connectivity index (χ3v) is 6.41. The van der Waals surface area contributed by atoms with Crippen molar-refractivity contribution in [2.45, 2.75) is 32.6 Å². The number of aromatic nitrogens is 2. The average molecular weight is 486 g/mol. The highest BCUT2D eigenvalue weighted by Gasteiger charge is 2.15. The summed E-state index contributed by atoms with van der Waals surface area (Å²) in [6, 6.07) is 26.4. The number of rotatable bonds is 6. The van der Waals surface area contributed by atoms with Crippen molar-refractivity contribution in [2.75, 3.05) is 0 Å². The molecular formula is C28H25BrN2O. The van der Waals surface area contributed by atoms with Crippen molar-refractivity contribution in [1.29, 1.82) is 0 Å². The van der Waals surface area contributed by atoms with Crippen LogP contribution in [0.2, 0.25) is 0 Å². The fraction of sp³-hybridized carbons (Fsp3) is 0.179. The van der Waals surface area contributed by atoms with Gasteiger partial charge in [-0.2, -0.15) is 0 Å². The van der Waals surface area contributed by atoms with Crippen LogP contribution in [0.15, 0.2) is 89.5 Å². The van der Waals surface area contributed by atoms with Crippen LogP contribution >= 0.6 is 15.9 Å². The molecule has 3 aromatic carbocycles. The fourth-order valence-electron chi connectivity index (χ4n) is 4.35. The van der Waals surface area contributed by atoms with Crippen molar-refractivity contribution in [2.24, 2.45) is 0 Å². The van der Waals surface area contributed by atoms with E-state index in [1.54, 1.807) is 0 Å². The molecule has 4 heteroatoms. The molecule has 2 heterocycles. The van der Waals surface area contributed by atoms with Crippen molar-refractivity contribution < 1.29 is 6.11 Å². The predicted octanol–water partition coefficient (Wildman–Crippen LogP) is 8.64. The van der Waals surface area contributed by atoms with Gasteiger partial charge in [-0.1, -0.05) is 54.0 Å². The Hall–Kier alpha value is -3.11. The van der Waals surface area contributed by atoms with Gasteiger partial charge in [-0.05, 0) is 72.8 Å². The zero-order valence-corrected chi connectivity index (χ0v) is 19.8. The maximum atomic E-state index is 8.92. The number of pyridine rings is 1. The Kier molecular flexibility index (Phi) is 5.38. The molecule has 5 aromatic rings. The summed E-state index contributed by atoms with van der Waals surface area (Å²) < 4.78 is 18.2. The smallest absolute Gasteiger partial charge is 0.137 e. The number of ether oxygens (including phenoxy) is 1. The number of hydrogen-bond acceptors (Lipinski definition) is 2. The molecule has 0 amide bonds. The first-order valence-electron chi connectivity index (χ1n) is 11.5. The number of fused-ring (bicyclic) bond motifs is 3. The summed E-state index contributed by atoms with van der Waals surface area (Å²) in [6.07, 6.45) is 3.33. The van der Waals surface area contributed by atoms with Crippen LogP contribution in [0.5, 0.6) is 11.5 Å². The van der Waals surface area contributed by atoms with Gasteiger partial charge < -0.3 is 4.74 Å². The molecule has 160 valence electrons. The Morgan fingerprint density at radius 1 is 0.875 bits per heavy atom. The lowest BCUT2D eigenvalue weighted by Crippen LogP contribution is -2.01. The summed E-state index contributed by atoms with van der Waals surface area (Å²) in [5.41, 5.74) is 3.10. The second-order valence-electron chi connectivity index (χ2n) is 7.80. The van der Waals surface area contributed by atoms with Crippen LogP contribution in [0, 0.1) is 0 Å². The average Bonchev–Trinajstić information content (AvgIpc) is 3.17. The van der Waals surface area contributed by atoms with Crippen molar-refractivity contribution in [3.05, 3.63) is 95.1 Å². The van der Waals surface area contributed by atoms with E-state index in [-0.39, 0.29) is 0 Å². The van der Waals surface area contributed by atoms with Crippen LogP contribution in [0.4, 0.5) is 0 Å². The first kappa shape index (κ1) is 19.6. The zero-order valence-electron chi connectivity index (χ0n) is 19.2. The molecule has 0 saturated heterocycles. The lowest BCUT2D eigenvalue weighted by atomic mass is 9.95. The van der Waals surface area contributed by atoms with Gasteiger partial charge in [-0.3, -0.25) is 4.57 Å². The lowest BCUT2D eigenvalue weighted by Gasteiger charge is -2.15. The summed E-state index contributed by atoms with van der Waals surface area (Å²) in [6.45, 7) is 4.14. The summed E-state index contributed by atoms with van der Waals surface area (Å²) in [4.78, 5) is 4.72. The van der Waals surface area contributed by atoms with Crippen molar-refractivity contribution in [3.8, 4) is 17.3 Å². The Bertz CT molecular complexity index is 1460. The molecule has 0 N–H and O–H groups in total. The van der Waals surface area contributed by atoms with Crippen LogP contribution in [-0.2, 0) is 0 Å². The highest BCUT2D eigenvalue weighted by atomic mass is 79.9. The molecule has 0 radical (unpaired) electrons. The molecule has 0 aliphatic carbocycles. The molecular weight excluding hydrogens is 460 g/mol. The quantitative estimate of drug-likeness (QED) is 0.240. The molecule has 0 saturated carbocycles. The molecule has 0 fully saturated rings. The summed E-state index contributed by atoms with van der Waals surface area (Å²) in [5.74, 6) is 1.73. The maximum Gasteiger partial charge on any atom is 0.137 e. The minimum atomic E-state index is -0.620. The van der Waals surface area contributed by atoms with Crippen molar-refractivity contribution >= 4 is 37.7 Å². The van der Waals surface area contributed by atoms with Gasteiger partial charge in [0, 0.05) is 28.9 Å². The largest absolute Gasteiger partial charge is 0.457 e. The van der Waals surface area contributed by atoms with Crippen LogP contribution in [0.1, 0.15) is 39.5 Å². The van der Waals surface area contributed by atoms with Crippen molar-refractivity contribution in [1.82, 2.24) is 9.55 Å². The number of nitrogens with zero attached hydrogens (tertiary/aromatic N) is 2. The molecule has 0 atom stereocenters. The Morgan fingerprint density at radius 2 is 1.66 bits per heavy atom. The molecule has 5 rings (SSSR count). The molecule has 0 aliphatic rings. The van der Waals surface area contributed by atoms with E-state index in [1.807, 2.05) is 48.7 Å². The van der Waals surface area contributed by atoms with E-state index in [4.69, 9.17) is 11.1 Å². The topological polar surface area (TPSA) is 27.1 Å². The second-order valence-corrected chi connectivity index (χ2v) is 8.72. The second kappa shape index (κ2) is 8.79. The van der Waals surface area contributed by atoms with E-state index in [9.17, 15) is 0 Å². The van der Waals surface area contributed by atoms with Crippen LogP contribution in [-0.4, -0.2) is 9.55 Å². The highest BCUT2D eigenvalue weighted by Crippen LogP contribution is 2.35. The lowest BCUT2D eigenvalue weighted by molar-refractivity contribution is 0.483. The molecule has 0 bridgehead atoms. The predicted molar refractivity (Wildman–Crippen MR) is 136 cm³/mol. The highest BCUT2D eigenvalue weighted by molar-refractivity contribution is 9.10. The zero-order chi connectivity index (χ0) is 23.0. The molecule has 2 aromatic heterocycles. The third kappa shape index (κ3) is 3.80. The Labute approximate surface area is 198 Å². The maximum absolute atomic E-state index is 8.92. The number of para-hydroxylation sites is 1. The van der Waals surface area contributed by atoms with Crippen LogP contribution in [0.3, 0.4) is 0 Å².